The number of nitrogens with one attached hydrogen (secondary N) is 1. The lowest BCUT2D eigenvalue weighted by molar-refractivity contribution is -0.113. The van der Waals surface area contributed by atoms with Crippen LogP contribution in [0.25, 0.3) is 0 Å². The van der Waals surface area contributed by atoms with Gasteiger partial charge in [-0.25, -0.2) is 4.98 Å². The molecule has 0 spiro atoms. The molecule has 0 saturated heterocycles. The summed E-state index contributed by atoms with van der Waals surface area (Å²) in [4.78, 5) is 16.3. The van der Waals surface area contributed by atoms with Gasteiger partial charge in [-0.2, -0.15) is 5.26 Å². The Morgan fingerprint density at radius 1 is 1.36 bits per heavy atom. The summed E-state index contributed by atoms with van der Waals surface area (Å²) in [7, 11) is 0. The monoisotopic (exact) mass is 375 g/mol. The van der Waals surface area contributed by atoms with Gasteiger partial charge in [-0.05, 0) is 49.7 Å². The van der Waals surface area contributed by atoms with Crippen molar-refractivity contribution in [3.05, 3.63) is 51.6 Å². The number of hydrogen-bond donors (Lipinski definition) is 1. The smallest absolute Gasteiger partial charge is 0.234 e. The van der Waals surface area contributed by atoms with E-state index in [-0.39, 0.29) is 11.7 Å². The van der Waals surface area contributed by atoms with Crippen molar-refractivity contribution in [2.24, 2.45) is 0 Å². The first kappa shape index (κ1) is 16.5. The van der Waals surface area contributed by atoms with E-state index >= 15 is 0 Å². The van der Waals surface area contributed by atoms with Crippen molar-refractivity contribution in [1.82, 2.24) is 4.98 Å². The zero-order chi connectivity index (χ0) is 16.1. The van der Waals surface area contributed by atoms with Crippen molar-refractivity contribution in [2.75, 3.05) is 11.1 Å². The average molecular weight is 376 g/mol. The number of thioether (sulfide) groups is 1. The lowest BCUT2D eigenvalue weighted by Crippen LogP contribution is -2.14. The topological polar surface area (TPSA) is 65.8 Å². The zero-order valence-electron chi connectivity index (χ0n) is 12.2. The number of carbonyl (C=O) groups is 1. The summed E-state index contributed by atoms with van der Waals surface area (Å²) in [5, 5.41) is 12.6. The Balaban J connectivity index is 2.02. The molecule has 6 heteroatoms. The predicted molar refractivity (Wildman–Crippen MR) is 91.9 cm³/mol. The highest BCUT2D eigenvalue weighted by molar-refractivity contribution is 9.10. The number of halogens is 1. The van der Waals surface area contributed by atoms with Gasteiger partial charge in [-0.3, -0.25) is 4.79 Å². The van der Waals surface area contributed by atoms with Crippen molar-refractivity contribution in [3.8, 4) is 6.07 Å². The van der Waals surface area contributed by atoms with Gasteiger partial charge in [0.2, 0.25) is 5.91 Å². The standard InChI is InChI=1S/C16H14BrN3OS/c1-10-7-11(2)19-16(14(10)8-18)22-9-15(21)20-13-5-3-12(17)4-6-13/h3-7H,9H2,1-2H3,(H,20,21). The van der Waals surface area contributed by atoms with Gasteiger partial charge in [0.05, 0.1) is 11.3 Å². The van der Waals surface area contributed by atoms with E-state index < -0.39 is 0 Å². The minimum absolute atomic E-state index is 0.128. The number of nitriles is 1. The highest BCUT2D eigenvalue weighted by Gasteiger charge is 2.11. The Morgan fingerprint density at radius 2 is 2.05 bits per heavy atom. The molecule has 0 fully saturated rings. The Hall–Kier alpha value is -1.84. The maximum Gasteiger partial charge on any atom is 0.234 e. The number of aromatic nitrogens is 1. The van der Waals surface area contributed by atoms with E-state index in [9.17, 15) is 10.1 Å². The van der Waals surface area contributed by atoms with Crippen molar-refractivity contribution in [2.45, 2.75) is 18.9 Å². The van der Waals surface area contributed by atoms with E-state index in [0.29, 0.717) is 10.6 Å². The maximum absolute atomic E-state index is 12.0. The van der Waals surface area contributed by atoms with E-state index in [1.165, 1.54) is 11.8 Å². The van der Waals surface area contributed by atoms with Crippen LogP contribution in [-0.2, 0) is 4.79 Å². The quantitative estimate of drug-likeness (QED) is 0.818. The molecular formula is C16H14BrN3OS. The number of aryl methyl sites for hydroxylation is 2. The average Bonchev–Trinajstić information content (AvgIpc) is 2.47. The molecule has 1 amide bonds. The van der Waals surface area contributed by atoms with Crippen molar-refractivity contribution in [1.29, 1.82) is 5.26 Å². The molecule has 1 aromatic heterocycles. The second-order valence-electron chi connectivity index (χ2n) is 4.72. The summed E-state index contributed by atoms with van der Waals surface area (Å²) < 4.78 is 0.956. The van der Waals surface area contributed by atoms with Crippen molar-refractivity contribution < 1.29 is 4.79 Å². The number of nitrogens with zero attached hydrogens (tertiary/aromatic N) is 2. The molecule has 0 aliphatic heterocycles. The van der Waals surface area contributed by atoms with Gasteiger partial charge in [0, 0.05) is 15.9 Å². The number of carbonyl (C=O) groups excluding carboxylic acids is 1. The van der Waals surface area contributed by atoms with Crippen LogP contribution in [0.1, 0.15) is 16.8 Å². The summed E-state index contributed by atoms with van der Waals surface area (Å²) in [5.41, 5.74) is 2.99. The maximum atomic E-state index is 12.0. The first-order chi connectivity index (χ1) is 10.5. The first-order valence-corrected chi connectivity index (χ1v) is 8.34. The van der Waals surface area contributed by atoms with Crippen LogP contribution in [0.5, 0.6) is 0 Å². The molecule has 112 valence electrons. The number of benzene rings is 1. The van der Waals surface area contributed by atoms with Gasteiger partial charge in [0.15, 0.2) is 0 Å². The SMILES string of the molecule is Cc1cc(C)c(C#N)c(SCC(=O)Nc2ccc(Br)cc2)n1. The molecule has 0 aliphatic carbocycles. The van der Waals surface area contributed by atoms with Crippen LogP contribution < -0.4 is 5.32 Å². The molecule has 0 atom stereocenters. The fraction of sp³-hybridized carbons (Fsp3) is 0.188. The first-order valence-electron chi connectivity index (χ1n) is 6.56. The molecule has 1 aromatic carbocycles. The van der Waals surface area contributed by atoms with Gasteiger partial charge < -0.3 is 5.32 Å². The second kappa shape index (κ2) is 7.43. The van der Waals surface area contributed by atoms with Gasteiger partial charge >= 0.3 is 0 Å². The summed E-state index contributed by atoms with van der Waals surface area (Å²) in [6.45, 7) is 3.75. The van der Waals surface area contributed by atoms with Crippen LogP contribution in [0.15, 0.2) is 39.8 Å². The molecule has 0 saturated carbocycles. The van der Waals surface area contributed by atoms with E-state index in [4.69, 9.17) is 0 Å². The fourth-order valence-corrected chi connectivity index (χ4v) is 3.07. The van der Waals surface area contributed by atoms with Crippen LogP contribution in [0.4, 0.5) is 5.69 Å². The minimum atomic E-state index is -0.128. The lowest BCUT2D eigenvalue weighted by atomic mass is 10.1. The Bertz CT molecular complexity index is 738. The van der Waals surface area contributed by atoms with Crippen molar-refractivity contribution in [3.63, 3.8) is 0 Å². The van der Waals surface area contributed by atoms with E-state index in [2.05, 4.69) is 32.3 Å². The molecule has 1 heterocycles. The number of hydrogen-bond acceptors (Lipinski definition) is 4. The summed E-state index contributed by atoms with van der Waals surface area (Å²) in [6, 6.07) is 11.4. The number of rotatable bonds is 4. The van der Waals surface area contributed by atoms with Crippen LogP contribution in [0, 0.1) is 25.2 Å². The van der Waals surface area contributed by atoms with Crippen molar-refractivity contribution >= 4 is 39.3 Å². The van der Waals surface area contributed by atoms with Gasteiger partial charge in [-0.1, -0.05) is 27.7 Å². The molecule has 0 radical (unpaired) electrons. The third-order valence-corrected chi connectivity index (χ3v) is 4.40. The molecule has 1 N–H and O–H groups in total. The Kier molecular flexibility index (Phi) is 5.58. The largest absolute Gasteiger partial charge is 0.325 e. The molecule has 0 aliphatic rings. The Morgan fingerprint density at radius 3 is 2.68 bits per heavy atom. The molecule has 2 rings (SSSR count). The summed E-state index contributed by atoms with van der Waals surface area (Å²) >= 11 is 4.62. The molecule has 4 nitrogen and oxygen atoms in total. The van der Waals surface area contributed by atoms with Gasteiger partial charge in [0.25, 0.3) is 0 Å². The highest BCUT2D eigenvalue weighted by atomic mass is 79.9. The summed E-state index contributed by atoms with van der Waals surface area (Å²) in [6.07, 6.45) is 0. The third-order valence-electron chi connectivity index (χ3n) is 2.89. The normalized spacial score (nSPS) is 10.1. The molecular weight excluding hydrogens is 362 g/mol. The van der Waals surface area contributed by atoms with Crippen LogP contribution in [0.2, 0.25) is 0 Å². The Labute approximate surface area is 142 Å². The predicted octanol–water partition coefficient (Wildman–Crippen LogP) is 4.06. The molecule has 22 heavy (non-hydrogen) atoms. The summed E-state index contributed by atoms with van der Waals surface area (Å²) in [5.74, 6) is 0.0813. The molecule has 2 aromatic rings. The lowest BCUT2D eigenvalue weighted by Gasteiger charge is -2.08. The molecule has 0 bridgehead atoms. The molecule has 0 unspecified atom stereocenters. The van der Waals surface area contributed by atoms with E-state index in [1.54, 1.807) is 0 Å². The van der Waals surface area contributed by atoms with Crippen LogP contribution in [0.3, 0.4) is 0 Å². The number of pyridine rings is 1. The zero-order valence-corrected chi connectivity index (χ0v) is 14.6. The highest BCUT2D eigenvalue weighted by Crippen LogP contribution is 2.24. The van der Waals surface area contributed by atoms with Gasteiger partial charge in [0.1, 0.15) is 11.1 Å². The van der Waals surface area contributed by atoms with E-state index in [0.717, 1.165) is 21.4 Å². The van der Waals surface area contributed by atoms with E-state index in [1.807, 2.05) is 44.2 Å². The second-order valence-corrected chi connectivity index (χ2v) is 6.60. The van der Waals surface area contributed by atoms with Crippen LogP contribution >= 0.6 is 27.7 Å². The van der Waals surface area contributed by atoms with Crippen LogP contribution in [-0.4, -0.2) is 16.6 Å². The third kappa shape index (κ3) is 4.33. The number of anilines is 1. The number of amides is 1. The fourth-order valence-electron chi connectivity index (χ4n) is 1.91. The minimum Gasteiger partial charge on any atom is -0.325 e. The van der Waals surface area contributed by atoms with Gasteiger partial charge in [-0.15, -0.1) is 0 Å².